The normalized spacial score (nSPS) is 17.7. The standard InChI is InChI=1S/C13H12ClF2NO4/c14-8-1-3-10(21-13(15)16)7(5-8)6-20-12(19)9-2-4-11(18)17-9/h1,3,5,9,13H,2,4,6H2,(H,17,18)/t9-/m0/s1. The maximum atomic E-state index is 12.3. The van der Waals surface area contributed by atoms with Crippen LogP contribution in [0.3, 0.4) is 0 Å². The van der Waals surface area contributed by atoms with Gasteiger partial charge >= 0.3 is 12.6 Å². The van der Waals surface area contributed by atoms with E-state index in [-0.39, 0.29) is 30.2 Å². The lowest BCUT2D eigenvalue weighted by atomic mass is 10.2. The van der Waals surface area contributed by atoms with Crippen molar-refractivity contribution >= 4 is 23.5 Å². The molecule has 0 bridgehead atoms. The summed E-state index contributed by atoms with van der Waals surface area (Å²) in [5.41, 5.74) is 0.223. The number of esters is 1. The number of hydrogen-bond donors (Lipinski definition) is 1. The highest BCUT2D eigenvalue weighted by atomic mass is 35.5. The molecule has 1 saturated heterocycles. The molecule has 5 nitrogen and oxygen atoms in total. The molecule has 1 aliphatic heterocycles. The number of carbonyl (C=O) groups is 2. The lowest BCUT2D eigenvalue weighted by Gasteiger charge is -2.13. The van der Waals surface area contributed by atoms with Crippen LogP contribution in [0.5, 0.6) is 5.75 Å². The third kappa shape index (κ3) is 4.29. The SMILES string of the molecule is O=C1CC[C@@H](C(=O)OCc2cc(Cl)ccc2OC(F)F)N1. The van der Waals surface area contributed by atoms with Crippen molar-refractivity contribution < 1.29 is 27.8 Å². The quantitative estimate of drug-likeness (QED) is 0.846. The van der Waals surface area contributed by atoms with Gasteiger partial charge in [0.15, 0.2) is 0 Å². The molecule has 2 rings (SSSR count). The number of hydrogen-bond acceptors (Lipinski definition) is 4. The van der Waals surface area contributed by atoms with E-state index in [0.717, 1.165) is 0 Å². The molecule has 114 valence electrons. The molecule has 0 aliphatic carbocycles. The maximum absolute atomic E-state index is 12.3. The van der Waals surface area contributed by atoms with E-state index in [0.29, 0.717) is 11.4 Å². The van der Waals surface area contributed by atoms with E-state index in [9.17, 15) is 18.4 Å². The highest BCUT2D eigenvalue weighted by Crippen LogP contribution is 2.25. The van der Waals surface area contributed by atoms with Crippen molar-refractivity contribution in [1.29, 1.82) is 0 Å². The lowest BCUT2D eigenvalue weighted by molar-refractivity contribution is -0.147. The van der Waals surface area contributed by atoms with Crippen LogP contribution in [0, 0.1) is 0 Å². The summed E-state index contributed by atoms with van der Waals surface area (Å²) in [7, 11) is 0. The van der Waals surface area contributed by atoms with Crippen molar-refractivity contribution in [3.8, 4) is 5.75 Å². The number of nitrogens with one attached hydrogen (secondary N) is 1. The van der Waals surface area contributed by atoms with Gasteiger partial charge in [-0.05, 0) is 24.6 Å². The molecule has 1 fully saturated rings. The summed E-state index contributed by atoms with van der Waals surface area (Å²) in [5.74, 6) is -0.956. The summed E-state index contributed by atoms with van der Waals surface area (Å²) < 4.78 is 33.9. The molecular formula is C13H12ClF2NO4. The molecule has 1 N–H and O–H groups in total. The average Bonchev–Trinajstić information content (AvgIpc) is 2.85. The second-order valence-corrected chi connectivity index (χ2v) is 4.83. The summed E-state index contributed by atoms with van der Waals surface area (Å²) in [6.45, 7) is -3.26. The molecule has 1 amide bonds. The summed E-state index contributed by atoms with van der Waals surface area (Å²) >= 11 is 5.77. The number of rotatable bonds is 5. The molecule has 0 unspecified atom stereocenters. The van der Waals surface area contributed by atoms with Crippen LogP contribution in [0.15, 0.2) is 18.2 Å². The molecule has 1 aliphatic rings. The van der Waals surface area contributed by atoms with Crippen LogP contribution in [0.4, 0.5) is 8.78 Å². The first kappa shape index (κ1) is 15.5. The minimum atomic E-state index is -2.99. The summed E-state index contributed by atoms with van der Waals surface area (Å²) in [5, 5.41) is 2.76. The van der Waals surface area contributed by atoms with Gasteiger partial charge in [-0.25, -0.2) is 4.79 Å². The Labute approximate surface area is 124 Å². The van der Waals surface area contributed by atoms with Crippen molar-refractivity contribution in [2.75, 3.05) is 0 Å². The van der Waals surface area contributed by atoms with Crippen molar-refractivity contribution in [1.82, 2.24) is 5.32 Å². The second-order valence-electron chi connectivity index (χ2n) is 4.40. The zero-order valence-electron chi connectivity index (χ0n) is 10.8. The van der Waals surface area contributed by atoms with E-state index in [1.807, 2.05) is 0 Å². The van der Waals surface area contributed by atoms with Gasteiger partial charge in [0, 0.05) is 17.0 Å². The fourth-order valence-electron chi connectivity index (χ4n) is 1.91. The van der Waals surface area contributed by atoms with Crippen LogP contribution >= 0.6 is 11.6 Å². The zero-order chi connectivity index (χ0) is 15.4. The topological polar surface area (TPSA) is 64.6 Å². The first-order valence-electron chi connectivity index (χ1n) is 6.15. The Morgan fingerprint density at radius 3 is 2.86 bits per heavy atom. The smallest absolute Gasteiger partial charge is 0.387 e. The van der Waals surface area contributed by atoms with Crippen LogP contribution in [-0.2, 0) is 20.9 Å². The molecule has 1 aromatic carbocycles. The fraction of sp³-hybridized carbons (Fsp3) is 0.385. The van der Waals surface area contributed by atoms with Gasteiger partial charge in [0.25, 0.3) is 0 Å². The molecule has 1 aromatic rings. The number of alkyl halides is 2. The van der Waals surface area contributed by atoms with Crippen LogP contribution in [-0.4, -0.2) is 24.5 Å². The van der Waals surface area contributed by atoms with Crippen LogP contribution in [0.25, 0.3) is 0 Å². The van der Waals surface area contributed by atoms with Gasteiger partial charge in [-0.3, -0.25) is 4.79 Å². The van der Waals surface area contributed by atoms with E-state index in [4.69, 9.17) is 16.3 Å². The van der Waals surface area contributed by atoms with Crippen molar-refractivity contribution in [3.63, 3.8) is 0 Å². The predicted molar refractivity (Wildman–Crippen MR) is 69.0 cm³/mol. The third-order valence-corrected chi connectivity index (χ3v) is 3.12. The van der Waals surface area contributed by atoms with Crippen LogP contribution in [0.1, 0.15) is 18.4 Å². The number of halogens is 3. The van der Waals surface area contributed by atoms with Crippen molar-refractivity contribution in [3.05, 3.63) is 28.8 Å². The van der Waals surface area contributed by atoms with E-state index in [1.165, 1.54) is 18.2 Å². The molecule has 0 spiro atoms. The van der Waals surface area contributed by atoms with Gasteiger partial charge in [0.2, 0.25) is 5.91 Å². The average molecular weight is 320 g/mol. The van der Waals surface area contributed by atoms with Gasteiger partial charge < -0.3 is 14.8 Å². The van der Waals surface area contributed by atoms with Gasteiger partial charge in [0.05, 0.1) is 0 Å². The Hall–Kier alpha value is -1.89. The molecule has 0 saturated carbocycles. The first-order valence-corrected chi connectivity index (χ1v) is 6.52. The van der Waals surface area contributed by atoms with E-state index < -0.39 is 18.6 Å². The van der Waals surface area contributed by atoms with Crippen LogP contribution < -0.4 is 10.1 Å². The zero-order valence-corrected chi connectivity index (χ0v) is 11.5. The molecule has 21 heavy (non-hydrogen) atoms. The van der Waals surface area contributed by atoms with Gasteiger partial charge in [-0.1, -0.05) is 11.6 Å². The monoisotopic (exact) mass is 319 g/mol. The number of amides is 1. The van der Waals surface area contributed by atoms with E-state index in [2.05, 4.69) is 10.1 Å². The molecular weight excluding hydrogens is 308 g/mol. The Bertz CT molecular complexity index is 553. The highest BCUT2D eigenvalue weighted by Gasteiger charge is 2.28. The van der Waals surface area contributed by atoms with Gasteiger partial charge in [0.1, 0.15) is 18.4 Å². The summed E-state index contributed by atoms with van der Waals surface area (Å²) in [4.78, 5) is 22.7. The van der Waals surface area contributed by atoms with E-state index in [1.54, 1.807) is 0 Å². The Morgan fingerprint density at radius 1 is 1.48 bits per heavy atom. The fourth-order valence-corrected chi connectivity index (χ4v) is 2.11. The predicted octanol–water partition coefficient (Wildman–Crippen LogP) is 2.26. The summed E-state index contributed by atoms with van der Waals surface area (Å²) in [6.07, 6.45) is 0.615. The molecule has 1 heterocycles. The maximum Gasteiger partial charge on any atom is 0.387 e. The molecule has 1 atom stereocenters. The molecule has 8 heteroatoms. The third-order valence-electron chi connectivity index (χ3n) is 2.89. The van der Waals surface area contributed by atoms with Crippen molar-refractivity contribution in [2.24, 2.45) is 0 Å². The molecule has 0 radical (unpaired) electrons. The number of ether oxygens (including phenoxy) is 2. The number of benzene rings is 1. The first-order chi connectivity index (χ1) is 9.95. The Morgan fingerprint density at radius 2 is 2.24 bits per heavy atom. The second kappa shape index (κ2) is 6.71. The Balaban J connectivity index is 2.00. The van der Waals surface area contributed by atoms with E-state index >= 15 is 0 Å². The largest absolute Gasteiger partial charge is 0.459 e. The summed E-state index contributed by atoms with van der Waals surface area (Å²) in [6, 6.07) is 3.34. The minimum Gasteiger partial charge on any atom is -0.459 e. The Kier molecular flexibility index (Phi) is 4.95. The highest BCUT2D eigenvalue weighted by molar-refractivity contribution is 6.30. The number of carbonyl (C=O) groups excluding carboxylic acids is 2. The lowest BCUT2D eigenvalue weighted by Crippen LogP contribution is -2.34. The minimum absolute atomic E-state index is 0.113. The molecule has 0 aromatic heterocycles. The van der Waals surface area contributed by atoms with Gasteiger partial charge in [-0.15, -0.1) is 0 Å². The van der Waals surface area contributed by atoms with Crippen molar-refractivity contribution in [2.45, 2.75) is 32.1 Å². The van der Waals surface area contributed by atoms with Gasteiger partial charge in [-0.2, -0.15) is 8.78 Å². The van der Waals surface area contributed by atoms with Crippen LogP contribution in [0.2, 0.25) is 5.02 Å².